The zero-order valence-corrected chi connectivity index (χ0v) is 11.0. The van der Waals surface area contributed by atoms with Crippen LogP contribution in [0.3, 0.4) is 0 Å². The summed E-state index contributed by atoms with van der Waals surface area (Å²) in [6.45, 7) is 5.75. The highest BCUT2D eigenvalue weighted by Crippen LogP contribution is 2.24. The van der Waals surface area contributed by atoms with E-state index in [-0.39, 0.29) is 11.9 Å². The minimum Gasteiger partial charge on any atom is -0.388 e. The van der Waals surface area contributed by atoms with Crippen molar-refractivity contribution < 1.29 is 4.39 Å². The Morgan fingerprint density at radius 1 is 1.35 bits per heavy atom. The number of halogens is 1. The van der Waals surface area contributed by atoms with Crippen LogP contribution in [0.15, 0.2) is 18.2 Å². The molecule has 0 fully saturated rings. The summed E-state index contributed by atoms with van der Waals surface area (Å²) in [5, 5.41) is 6.05. The Balaban J connectivity index is 2.95. The zero-order chi connectivity index (χ0) is 12.8. The second kappa shape index (κ2) is 6.45. The first-order valence-electron chi connectivity index (χ1n) is 6.02. The largest absolute Gasteiger partial charge is 0.388 e. The van der Waals surface area contributed by atoms with Crippen molar-refractivity contribution in [2.24, 2.45) is 0 Å². The smallest absolute Gasteiger partial charge is 0.148 e. The van der Waals surface area contributed by atoms with Crippen LogP contribution in [0.25, 0.3) is 0 Å². The van der Waals surface area contributed by atoms with Crippen LogP contribution in [0.4, 0.5) is 15.8 Å². The molecule has 4 heteroatoms. The molecule has 1 aromatic rings. The van der Waals surface area contributed by atoms with Gasteiger partial charge in [0.1, 0.15) is 5.82 Å². The molecule has 1 unspecified atom stereocenters. The molecule has 0 spiro atoms. The monoisotopic (exact) mass is 239 g/mol. The van der Waals surface area contributed by atoms with Gasteiger partial charge in [0.25, 0.3) is 0 Å². The van der Waals surface area contributed by atoms with Crippen molar-refractivity contribution in [1.82, 2.24) is 5.32 Å². The number of anilines is 2. The van der Waals surface area contributed by atoms with Gasteiger partial charge in [-0.15, -0.1) is 0 Å². The van der Waals surface area contributed by atoms with E-state index in [2.05, 4.69) is 22.5 Å². The number of nitrogens with zero attached hydrogens (tertiary/aromatic N) is 1. The fourth-order valence-electron chi connectivity index (χ4n) is 2.02. The average Bonchev–Trinajstić information content (AvgIpc) is 2.32. The Labute approximate surface area is 103 Å². The lowest BCUT2D eigenvalue weighted by atomic mass is 10.2. The Hall–Kier alpha value is -1.29. The van der Waals surface area contributed by atoms with E-state index in [1.54, 1.807) is 7.05 Å². The highest BCUT2D eigenvalue weighted by atomic mass is 19.1. The van der Waals surface area contributed by atoms with E-state index < -0.39 is 0 Å². The zero-order valence-electron chi connectivity index (χ0n) is 11.0. The number of likely N-dealkylation sites (N-methyl/N-ethyl adjacent to an activating group) is 2. The first kappa shape index (κ1) is 13.8. The molecule has 3 nitrogen and oxygen atoms in total. The van der Waals surface area contributed by atoms with Gasteiger partial charge in [-0.1, -0.05) is 0 Å². The normalized spacial score (nSPS) is 12.3. The summed E-state index contributed by atoms with van der Waals surface area (Å²) in [5.74, 6) is -0.179. The van der Waals surface area contributed by atoms with Gasteiger partial charge in [0.05, 0.1) is 5.69 Å². The van der Waals surface area contributed by atoms with E-state index >= 15 is 0 Å². The molecule has 0 saturated heterocycles. The summed E-state index contributed by atoms with van der Waals surface area (Å²) < 4.78 is 14.0. The third-order valence-electron chi connectivity index (χ3n) is 2.92. The van der Waals surface area contributed by atoms with Crippen LogP contribution in [0.1, 0.15) is 13.8 Å². The molecular weight excluding hydrogens is 217 g/mol. The molecule has 0 saturated carbocycles. The van der Waals surface area contributed by atoms with Crippen molar-refractivity contribution in [3.8, 4) is 0 Å². The summed E-state index contributed by atoms with van der Waals surface area (Å²) in [6, 6.07) is 5.52. The van der Waals surface area contributed by atoms with Gasteiger partial charge in [-0.2, -0.15) is 0 Å². The van der Waals surface area contributed by atoms with Crippen molar-refractivity contribution in [2.45, 2.75) is 19.9 Å². The molecule has 0 radical (unpaired) electrons. The van der Waals surface area contributed by atoms with Crippen molar-refractivity contribution >= 4 is 11.4 Å². The minimum atomic E-state index is -0.179. The maximum Gasteiger partial charge on any atom is 0.148 e. The van der Waals surface area contributed by atoms with Crippen molar-refractivity contribution in [3.05, 3.63) is 24.0 Å². The molecule has 17 heavy (non-hydrogen) atoms. The van der Waals surface area contributed by atoms with E-state index in [0.29, 0.717) is 5.69 Å². The molecule has 0 aromatic heterocycles. The summed E-state index contributed by atoms with van der Waals surface area (Å²) in [5.41, 5.74) is 1.46. The van der Waals surface area contributed by atoms with Gasteiger partial charge in [0, 0.05) is 31.9 Å². The van der Waals surface area contributed by atoms with E-state index in [9.17, 15) is 4.39 Å². The van der Waals surface area contributed by atoms with Crippen LogP contribution < -0.4 is 15.5 Å². The van der Waals surface area contributed by atoms with Gasteiger partial charge >= 0.3 is 0 Å². The molecule has 0 bridgehead atoms. The maximum absolute atomic E-state index is 14.0. The maximum atomic E-state index is 14.0. The SMILES string of the molecule is CCN(c1ccc(NC)cc1F)C(C)CNC. The number of hydrogen-bond donors (Lipinski definition) is 2. The second-order valence-corrected chi connectivity index (χ2v) is 4.11. The molecular formula is C13H22FN3. The van der Waals surface area contributed by atoms with Crippen molar-refractivity contribution in [2.75, 3.05) is 37.4 Å². The predicted molar refractivity (Wildman–Crippen MR) is 72.4 cm³/mol. The van der Waals surface area contributed by atoms with E-state index in [4.69, 9.17) is 0 Å². The van der Waals surface area contributed by atoms with E-state index in [0.717, 1.165) is 18.8 Å². The van der Waals surface area contributed by atoms with Gasteiger partial charge in [-0.3, -0.25) is 0 Å². The van der Waals surface area contributed by atoms with Gasteiger partial charge in [-0.25, -0.2) is 4.39 Å². The van der Waals surface area contributed by atoms with Gasteiger partial charge < -0.3 is 15.5 Å². The number of rotatable bonds is 6. The van der Waals surface area contributed by atoms with Crippen LogP contribution >= 0.6 is 0 Å². The van der Waals surface area contributed by atoms with E-state index in [1.807, 2.05) is 26.1 Å². The van der Waals surface area contributed by atoms with Crippen LogP contribution in [-0.4, -0.2) is 33.2 Å². The first-order chi connectivity index (χ1) is 8.13. The third kappa shape index (κ3) is 3.33. The average molecular weight is 239 g/mol. The molecule has 2 N–H and O–H groups in total. The van der Waals surface area contributed by atoms with Crippen LogP contribution in [-0.2, 0) is 0 Å². The molecule has 96 valence electrons. The Morgan fingerprint density at radius 2 is 2.06 bits per heavy atom. The Bertz CT molecular complexity index is 355. The molecule has 1 aromatic carbocycles. The summed E-state index contributed by atoms with van der Waals surface area (Å²) >= 11 is 0. The highest BCUT2D eigenvalue weighted by molar-refractivity contribution is 5.56. The lowest BCUT2D eigenvalue weighted by molar-refractivity contribution is 0.574. The predicted octanol–water partition coefficient (Wildman–Crippen LogP) is 2.30. The van der Waals surface area contributed by atoms with Crippen molar-refractivity contribution in [1.29, 1.82) is 0 Å². The van der Waals surface area contributed by atoms with Gasteiger partial charge in [0.15, 0.2) is 0 Å². The first-order valence-corrected chi connectivity index (χ1v) is 6.02. The lowest BCUT2D eigenvalue weighted by Crippen LogP contribution is -2.39. The van der Waals surface area contributed by atoms with Crippen LogP contribution in [0, 0.1) is 5.82 Å². The third-order valence-corrected chi connectivity index (χ3v) is 2.92. The Morgan fingerprint density at radius 3 is 2.53 bits per heavy atom. The molecule has 1 rings (SSSR count). The topological polar surface area (TPSA) is 27.3 Å². The van der Waals surface area contributed by atoms with Crippen molar-refractivity contribution in [3.63, 3.8) is 0 Å². The van der Waals surface area contributed by atoms with E-state index in [1.165, 1.54) is 6.07 Å². The molecule has 0 heterocycles. The summed E-state index contributed by atoms with van der Waals surface area (Å²) in [4.78, 5) is 2.06. The van der Waals surface area contributed by atoms with Crippen LogP contribution in [0.5, 0.6) is 0 Å². The molecule has 0 aliphatic carbocycles. The second-order valence-electron chi connectivity index (χ2n) is 4.11. The Kier molecular flexibility index (Phi) is 5.22. The number of nitrogens with one attached hydrogen (secondary N) is 2. The molecule has 1 atom stereocenters. The number of hydrogen-bond acceptors (Lipinski definition) is 3. The fourth-order valence-corrected chi connectivity index (χ4v) is 2.02. The molecule has 0 aliphatic heterocycles. The summed E-state index contributed by atoms with van der Waals surface area (Å²) in [7, 11) is 3.69. The number of benzene rings is 1. The van der Waals surface area contributed by atoms with Gasteiger partial charge in [0.2, 0.25) is 0 Å². The lowest BCUT2D eigenvalue weighted by Gasteiger charge is -2.30. The van der Waals surface area contributed by atoms with Crippen LogP contribution in [0.2, 0.25) is 0 Å². The standard InChI is InChI=1S/C13H22FN3/c1-5-17(10(2)9-15-3)13-7-6-11(16-4)8-12(13)14/h6-8,10,15-16H,5,9H2,1-4H3. The highest BCUT2D eigenvalue weighted by Gasteiger charge is 2.15. The molecule has 0 amide bonds. The fraction of sp³-hybridized carbons (Fsp3) is 0.538. The quantitative estimate of drug-likeness (QED) is 0.797. The minimum absolute atomic E-state index is 0.179. The molecule has 0 aliphatic rings. The summed E-state index contributed by atoms with van der Waals surface area (Å²) in [6.07, 6.45) is 0. The van der Waals surface area contributed by atoms with Gasteiger partial charge in [-0.05, 0) is 39.1 Å².